The Kier molecular flexibility index (Phi) is 5.46. The molecular weight excluding hydrogens is 258 g/mol. The van der Waals surface area contributed by atoms with Gasteiger partial charge in [-0.25, -0.2) is 0 Å². The Hall–Kier alpha value is -1.28. The molecule has 3 heteroatoms. The molecule has 19 heavy (non-hydrogen) atoms. The summed E-state index contributed by atoms with van der Waals surface area (Å²) in [6.45, 7) is 0.748. The topological polar surface area (TPSA) is 29.1 Å². The smallest absolute Gasteiger partial charge is 0.224 e. The van der Waals surface area contributed by atoms with Gasteiger partial charge in [-0.05, 0) is 49.8 Å². The molecule has 0 atom stereocenters. The Morgan fingerprint density at radius 1 is 1.21 bits per heavy atom. The van der Waals surface area contributed by atoms with Gasteiger partial charge < -0.3 is 5.32 Å². The highest BCUT2D eigenvalue weighted by molar-refractivity contribution is 6.30. The van der Waals surface area contributed by atoms with Crippen molar-refractivity contribution in [3.8, 4) is 0 Å². The molecule has 0 unspecified atom stereocenters. The van der Waals surface area contributed by atoms with E-state index in [9.17, 15) is 4.79 Å². The second kappa shape index (κ2) is 7.34. The monoisotopic (exact) mass is 277 g/mol. The van der Waals surface area contributed by atoms with Gasteiger partial charge in [0.05, 0.1) is 6.42 Å². The second-order valence-electron chi connectivity index (χ2n) is 5.01. The van der Waals surface area contributed by atoms with E-state index in [-0.39, 0.29) is 5.91 Å². The van der Waals surface area contributed by atoms with Crippen LogP contribution in [0.5, 0.6) is 0 Å². The van der Waals surface area contributed by atoms with E-state index in [2.05, 4.69) is 11.4 Å². The molecule has 1 aliphatic rings. The van der Waals surface area contributed by atoms with Crippen molar-refractivity contribution in [2.45, 2.75) is 38.5 Å². The molecule has 0 heterocycles. The van der Waals surface area contributed by atoms with Crippen molar-refractivity contribution >= 4 is 17.5 Å². The van der Waals surface area contributed by atoms with Gasteiger partial charge in [0.25, 0.3) is 0 Å². The van der Waals surface area contributed by atoms with Crippen LogP contribution in [0, 0.1) is 0 Å². The fourth-order valence-electron chi connectivity index (χ4n) is 2.34. The lowest BCUT2D eigenvalue weighted by molar-refractivity contribution is -0.120. The molecule has 2 rings (SSSR count). The van der Waals surface area contributed by atoms with Gasteiger partial charge in [0, 0.05) is 11.6 Å². The highest BCUT2D eigenvalue weighted by Gasteiger charge is 2.06. The highest BCUT2D eigenvalue weighted by atomic mass is 35.5. The number of halogens is 1. The Balaban J connectivity index is 1.69. The minimum absolute atomic E-state index is 0.0822. The van der Waals surface area contributed by atoms with Gasteiger partial charge in [-0.3, -0.25) is 4.79 Å². The maximum atomic E-state index is 11.8. The van der Waals surface area contributed by atoms with Gasteiger partial charge in [0.1, 0.15) is 0 Å². The zero-order valence-corrected chi connectivity index (χ0v) is 11.9. The molecule has 0 spiro atoms. The molecule has 0 radical (unpaired) electrons. The largest absolute Gasteiger partial charge is 0.355 e. The molecule has 0 aliphatic heterocycles. The number of hydrogen-bond acceptors (Lipinski definition) is 1. The molecule has 102 valence electrons. The fourth-order valence-corrected chi connectivity index (χ4v) is 2.47. The molecule has 0 fully saturated rings. The second-order valence-corrected chi connectivity index (χ2v) is 5.45. The van der Waals surface area contributed by atoms with Crippen LogP contribution in [0.25, 0.3) is 0 Å². The maximum Gasteiger partial charge on any atom is 0.224 e. The van der Waals surface area contributed by atoms with Crippen LogP contribution in [0.1, 0.15) is 37.7 Å². The summed E-state index contributed by atoms with van der Waals surface area (Å²) in [5.41, 5.74) is 2.50. The van der Waals surface area contributed by atoms with Gasteiger partial charge in [0.2, 0.25) is 5.91 Å². The summed E-state index contributed by atoms with van der Waals surface area (Å²) in [4.78, 5) is 11.8. The molecule has 1 N–H and O–H groups in total. The molecular formula is C16H20ClNO. The van der Waals surface area contributed by atoms with Gasteiger partial charge in [-0.1, -0.05) is 35.4 Å². The van der Waals surface area contributed by atoms with Crippen LogP contribution < -0.4 is 5.32 Å². The first-order valence-corrected chi connectivity index (χ1v) is 7.31. The normalized spacial score (nSPS) is 14.9. The Morgan fingerprint density at radius 2 is 2.00 bits per heavy atom. The Morgan fingerprint density at radius 3 is 2.68 bits per heavy atom. The van der Waals surface area contributed by atoms with Crippen molar-refractivity contribution in [3.63, 3.8) is 0 Å². The van der Waals surface area contributed by atoms with Crippen molar-refractivity contribution in [1.29, 1.82) is 0 Å². The molecule has 0 saturated heterocycles. The third-order valence-electron chi connectivity index (χ3n) is 3.43. The molecule has 0 aromatic heterocycles. The summed E-state index contributed by atoms with van der Waals surface area (Å²) in [6.07, 6.45) is 8.76. The third-order valence-corrected chi connectivity index (χ3v) is 3.68. The van der Waals surface area contributed by atoms with E-state index in [1.807, 2.05) is 24.3 Å². The van der Waals surface area contributed by atoms with Crippen molar-refractivity contribution in [1.82, 2.24) is 5.32 Å². The number of carbonyl (C=O) groups is 1. The van der Waals surface area contributed by atoms with Crippen molar-refractivity contribution < 1.29 is 4.79 Å². The third kappa shape index (κ3) is 5.07. The predicted octanol–water partition coefficient (Wildman–Crippen LogP) is 3.89. The number of hydrogen-bond donors (Lipinski definition) is 1. The first kappa shape index (κ1) is 14.1. The number of amides is 1. The van der Waals surface area contributed by atoms with Crippen molar-refractivity contribution in [2.24, 2.45) is 0 Å². The van der Waals surface area contributed by atoms with E-state index >= 15 is 0 Å². The molecule has 1 aliphatic carbocycles. The summed E-state index contributed by atoms with van der Waals surface area (Å²) in [6, 6.07) is 7.42. The van der Waals surface area contributed by atoms with Crippen LogP contribution in [0.4, 0.5) is 0 Å². The van der Waals surface area contributed by atoms with Crippen LogP contribution in [0.2, 0.25) is 5.02 Å². The lowest BCUT2D eigenvalue weighted by atomic mass is 9.97. The van der Waals surface area contributed by atoms with Crippen LogP contribution in [-0.4, -0.2) is 12.5 Å². The lowest BCUT2D eigenvalue weighted by Gasteiger charge is -2.13. The highest BCUT2D eigenvalue weighted by Crippen LogP contribution is 2.19. The number of rotatable bonds is 5. The van der Waals surface area contributed by atoms with Crippen LogP contribution in [0.15, 0.2) is 35.9 Å². The van der Waals surface area contributed by atoms with E-state index in [4.69, 9.17) is 11.6 Å². The maximum absolute atomic E-state index is 11.8. The molecule has 1 aromatic rings. The lowest BCUT2D eigenvalue weighted by Crippen LogP contribution is -2.26. The van der Waals surface area contributed by atoms with Crippen LogP contribution in [0.3, 0.4) is 0 Å². The van der Waals surface area contributed by atoms with Crippen LogP contribution in [-0.2, 0) is 11.2 Å². The van der Waals surface area contributed by atoms with E-state index in [0.717, 1.165) is 18.5 Å². The Labute approximate surface area is 119 Å². The number of nitrogens with one attached hydrogen (secondary N) is 1. The number of benzene rings is 1. The fraction of sp³-hybridized carbons (Fsp3) is 0.438. The summed E-state index contributed by atoms with van der Waals surface area (Å²) in [5, 5.41) is 3.68. The standard InChI is InChI=1S/C16H20ClNO/c17-15-8-6-14(7-9-15)12-16(19)18-11-10-13-4-2-1-3-5-13/h4,6-9H,1-3,5,10-12H2,(H,18,19). The zero-order chi connectivity index (χ0) is 13.5. The average Bonchev–Trinajstić information content (AvgIpc) is 2.43. The van der Waals surface area contributed by atoms with Crippen LogP contribution >= 0.6 is 11.6 Å². The summed E-state index contributed by atoms with van der Waals surface area (Å²) in [5.74, 6) is 0.0822. The Bertz CT molecular complexity index is 450. The van der Waals surface area contributed by atoms with E-state index in [1.54, 1.807) is 0 Å². The first-order chi connectivity index (χ1) is 9.24. The van der Waals surface area contributed by atoms with E-state index in [1.165, 1.54) is 31.3 Å². The van der Waals surface area contributed by atoms with Gasteiger partial charge in [-0.15, -0.1) is 0 Å². The van der Waals surface area contributed by atoms with Gasteiger partial charge >= 0.3 is 0 Å². The van der Waals surface area contributed by atoms with E-state index < -0.39 is 0 Å². The van der Waals surface area contributed by atoms with Crippen molar-refractivity contribution in [3.05, 3.63) is 46.5 Å². The molecule has 2 nitrogen and oxygen atoms in total. The first-order valence-electron chi connectivity index (χ1n) is 6.93. The van der Waals surface area contributed by atoms with E-state index in [0.29, 0.717) is 11.4 Å². The number of carbonyl (C=O) groups excluding carboxylic acids is 1. The molecule has 1 amide bonds. The summed E-state index contributed by atoms with van der Waals surface area (Å²) >= 11 is 5.81. The van der Waals surface area contributed by atoms with Gasteiger partial charge in [-0.2, -0.15) is 0 Å². The van der Waals surface area contributed by atoms with Crippen molar-refractivity contribution in [2.75, 3.05) is 6.54 Å². The molecule has 1 aromatic carbocycles. The molecule has 0 bridgehead atoms. The zero-order valence-electron chi connectivity index (χ0n) is 11.1. The summed E-state index contributed by atoms with van der Waals surface area (Å²) in [7, 11) is 0. The number of allylic oxidation sites excluding steroid dienone is 1. The minimum atomic E-state index is 0.0822. The average molecular weight is 278 g/mol. The quantitative estimate of drug-likeness (QED) is 0.813. The SMILES string of the molecule is O=C(Cc1ccc(Cl)cc1)NCCC1=CCCCC1. The van der Waals surface area contributed by atoms with Gasteiger partial charge in [0.15, 0.2) is 0 Å². The summed E-state index contributed by atoms with van der Waals surface area (Å²) < 4.78 is 0. The molecule has 0 saturated carbocycles. The minimum Gasteiger partial charge on any atom is -0.355 e. The predicted molar refractivity (Wildman–Crippen MR) is 79.3 cm³/mol.